The van der Waals surface area contributed by atoms with E-state index in [9.17, 15) is 0 Å². The highest BCUT2D eigenvalue weighted by Crippen LogP contribution is 2.06. The summed E-state index contributed by atoms with van der Waals surface area (Å²) in [6.07, 6.45) is 6.12. The predicted octanol–water partition coefficient (Wildman–Crippen LogP) is 2.16. The van der Waals surface area contributed by atoms with Gasteiger partial charge in [0.25, 0.3) is 0 Å². The Bertz CT molecular complexity index is 135. The molecule has 2 nitrogen and oxygen atoms in total. The van der Waals surface area contributed by atoms with Crippen LogP contribution in [0, 0.1) is 5.92 Å². The molecule has 0 amide bonds. The molecule has 12 heavy (non-hydrogen) atoms. The molecule has 1 fully saturated rings. The van der Waals surface area contributed by atoms with E-state index in [1.165, 1.54) is 32.4 Å². The molecule has 1 heterocycles. The smallest absolute Gasteiger partial charge is 0.0849 e. The molecule has 0 atom stereocenters. The topological polar surface area (TPSA) is 15.6 Å². The summed E-state index contributed by atoms with van der Waals surface area (Å²) in [6, 6.07) is 0. The van der Waals surface area contributed by atoms with E-state index >= 15 is 0 Å². The third kappa shape index (κ3) is 3.74. The molecule has 0 radical (unpaired) electrons. The van der Waals surface area contributed by atoms with Gasteiger partial charge in [0, 0.05) is 19.6 Å². The van der Waals surface area contributed by atoms with Crippen LogP contribution in [0.4, 0.5) is 0 Å². The van der Waals surface area contributed by atoms with Gasteiger partial charge in [0.15, 0.2) is 0 Å². The fourth-order valence-corrected chi connectivity index (χ4v) is 1.41. The van der Waals surface area contributed by atoms with Crippen molar-refractivity contribution in [2.24, 2.45) is 10.9 Å². The molecule has 1 rings (SSSR count). The Balaban J connectivity index is 2.15. The number of likely N-dealkylation sites (tertiary alicyclic amines) is 1. The molecule has 2 heteroatoms. The van der Waals surface area contributed by atoms with Crippen LogP contribution in [0.2, 0.25) is 0 Å². The van der Waals surface area contributed by atoms with Crippen LogP contribution in [-0.4, -0.2) is 30.9 Å². The predicted molar refractivity (Wildman–Crippen MR) is 53.6 cm³/mol. The van der Waals surface area contributed by atoms with Gasteiger partial charge in [-0.25, -0.2) is 0 Å². The number of aliphatic imine (C=N–C) groups is 1. The number of hydrogen-bond donors (Lipinski definition) is 0. The van der Waals surface area contributed by atoms with Crippen molar-refractivity contribution in [3.63, 3.8) is 0 Å². The zero-order valence-electron chi connectivity index (χ0n) is 8.29. The molecule has 70 valence electrons. The molecule has 1 aliphatic rings. The minimum Gasteiger partial charge on any atom is -0.363 e. The monoisotopic (exact) mass is 168 g/mol. The van der Waals surface area contributed by atoms with E-state index in [0.717, 1.165) is 6.54 Å². The lowest BCUT2D eigenvalue weighted by Gasteiger charge is -2.23. The van der Waals surface area contributed by atoms with Crippen LogP contribution in [0.25, 0.3) is 0 Å². The third-order valence-corrected chi connectivity index (χ3v) is 2.11. The van der Waals surface area contributed by atoms with Crippen molar-refractivity contribution in [1.82, 2.24) is 4.90 Å². The van der Waals surface area contributed by atoms with Gasteiger partial charge in [0.1, 0.15) is 0 Å². The van der Waals surface area contributed by atoms with Crippen molar-refractivity contribution in [3.8, 4) is 0 Å². The fourth-order valence-electron chi connectivity index (χ4n) is 1.41. The summed E-state index contributed by atoms with van der Waals surface area (Å²) in [7, 11) is 0. The minimum absolute atomic E-state index is 0.686. The third-order valence-electron chi connectivity index (χ3n) is 2.11. The van der Waals surface area contributed by atoms with E-state index in [2.05, 4.69) is 23.7 Å². The quantitative estimate of drug-likeness (QED) is 0.466. The maximum atomic E-state index is 4.40. The molecule has 0 aromatic rings. The van der Waals surface area contributed by atoms with E-state index in [0.29, 0.717) is 5.92 Å². The summed E-state index contributed by atoms with van der Waals surface area (Å²) in [5, 5.41) is 0. The first-order chi connectivity index (χ1) is 5.79. The Morgan fingerprint density at radius 1 is 1.25 bits per heavy atom. The maximum Gasteiger partial charge on any atom is 0.0849 e. The van der Waals surface area contributed by atoms with E-state index < -0.39 is 0 Å². The van der Waals surface area contributed by atoms with E-state index in [1.54, 1.807) is 0 Å². The van der Waals surface area contributed by atoms with Gasteiger partial charge in [0.2, 0.25) is 0 Å². The first-order valence-corrected chi connectivity index (χ1v) is 5.03. The second-order valence-electron chi connectivity index (χ2n) is 3.97. The lowest BCUT2D eigenvalue weighted by Crippen LogP contribution is -2.28. The molecule has 0 bridgehead atoms. The van der Waals surface area contributed by atoms with Gasteiger partial charge in [-0.05, 0) is 25.2 Å². The zero-order chi connectivity index (χ0) is 8.81. The average molecular weight is 168 g/mol. The Kier molecular flexibility index (Phi) is 4.12. The highest BCUT2D eigenvalue weighted by molar-refractivity contribution is 5.54. The Morgan fingerprint density at radius 3 is 2.50 bits per heavy atom. The second kappa shape index (κ2) is 5.18. The Labute approximate surface area is 75.7 Å². The molecular weight excluding hydrogens is 148 g/mol. The summed E-state index contributed by atoms with van der Waals surface area (Å²) in [6.45, 7) is 7.79. The molecule has 0 aromatic carbocycles. The average Bonchev–Trinajstić information content (AvgIpc) is 2.05. The summed E-state index contributed by atoms with van der Waals surface area (Å²) < 4.78 is 0. The van der Waals surface area contributed by atoms with Gasteiger partial charge in [-0.2, -0.15) is 0 Å². The molecular formula is C10H20N2. The second-order valence-corrected chi connectivity index (χ2v) is 3.97. The first-order valence-electron chi connectivity index (χ1n) is 5.03. The van der Waals surface area contributed by atoms with Gasteiger partial charge < -0.3 is 4.90 Å². The first kappa shape index (κ1) is 9.56. The van der Waals surface area contributed by atoms with Crippen molar-refractivity contribution in [2.45, 2.75) is 33.1 Å². The Hall–Kier alpha value is -0.530. The molecule has 0 aromatic heterocycles. The highest BCUT2D eigenvalue weighted by atomic mass is 15.1. The van der Waals surface area contributed by atoms with Gasteiger partial charge >= 0.3 is 0 Å². The van der Waals surface area contributed by atoms with Crippen LogP contribution >= 0.6 is 0 Å². The highest BCUT2D eigenvalue weighted by Gasteiger charge is 2.05. The Morgan fingerprint density at radius 2 is 1.92 bits per heavy atom. The standard InChI is InChI=1S/C10H20N2/c1-10(2)8-11-9-12-6-4-3-5-7-12/h9-10H,3-8H2,1-2H3. The van der Waals surface area contributed by atoms with Crippen molar-refractivity contribution in [1.29, 1.82) is 0 Å². The summed E-state index contributed by atoms with van der Waals surface area (Å²) >= 11 is 0. The van der Waals surface area contributed by atoms with Crippen LogP contribution in [0.15, 0.2) is 4.99 Å². The van der Waals surface area contributed by atoms with Crippen LogP contribution in [-0.2, 0) is 0 Å². The fraction of sp³-hybridized carbons (Fsp3) is 0.900. The molecule has 1 aliphatic heterocycles. The van der Waals surface area contributed by atoms with Crippen LogP contribution in [0.1, 0.15) is 33.1 Å². The number of rotatable bonds is 3. The molecule has 0 unspecified atom stereocenters. The number of hydrogen-bond acceptors (Lipinski definition) is 1. The maximum absolute atomic E-state index is 4.40. The van der Waals surface area contributed by atoms with Gasteiger partial charge in [0.05, 0.1) is 6.34 Å². The summed E-state index contributed by atoms with van der Waals surface area (Å²) in [5.74, 6) is 0.686. The minimum atomic E-state index is 0.686. The van der Waals surface area contributed by atoms with Crippen LogP contribution in [0.3, 0.4) is 0 Å². The molecule has 0 aliphatic carbocycles. The number of nitrogens with zero attached hydrogens (tertiary/aromatic N) is 2. The largest absolute Gasteiger partial charge is 0.363 e. The van der Waals surface area contributed by atoms with E-state index in [1.807, 2.05) is 6.34 Å². The summed E-state index contributed by atoms with van der Waals surface area (Å²) in [5.41, 5.74) is 0. The van der Waals surface area contributed by atoms with Crippen LogP contribution in [0.5, 0.6) is 0 Å². The van der Waals surface area contributed by atoms with Crippen LogP contribution < -0.4 is 0 Å². The van der Waals surface area contributed by atoms with Gasteiger partial charge in [-0.3, -0.25) is 4.99 Å². The molecule has 1 saturated heterocycles. The van der Waals surface area contributed by atoms with E-state index in [4.69, 9.17) is 0 Å². The number of piperidine rings is 1. The van der Waals surface area contributed by atoms with Crippen molar-refractivity contribution in [3.05, 3.63) is 0 Å². The SMILES string of the molecule is CC(C)CN=CN1CCCCC1. The van der Waals surface area contributed by atoms with E-state index in [-0.39, 0.29) is 0 Å². The molecule has 0 N–H and O–H groups in total. The zero-order valence-corrected chi connectivity index (χ0v) is 8.29. The van der Waals surface area contributed by atoms with Crippen molar-refractivity contribution >= 4 is 6.34 Å². The lowest BCUT2D eigenvalue weighted by atomic mass is 10.1. The van der Waals surface area contributed by atoms with Crippen molar-refractivity contribution in [2.75, 3.05) is 19.6 Å². The van der Waals surface area contributed by atoms with Gasteiger partial charge in [-0.15, -0.1) is 0 Å². The normalized spacial score (nSPS) is 19.4. The summed E-state index contributed by atoms with van der Waals surface area (Å²) in [4.78, 5) is 6.73. The molecule has 0 saturated carbocycles. The lowest BCUT2D eigenvalue weighted by molar-refractivity contribution is 0.349. The van der Waals surface area contributed by atoms with Gasteiger partial charge in [-0.1, -0.05) is 13.8 Å². The molecule has 0 spiro atoms. The van der Waals surface area contributed by atoms with Crippen molar-refractivity contribution < 1.29 is 0 Å².